The second-order valence-corrected chi connectivity index (χ2v) is 4.18. The van der Waals surface area contributed by atoms with Gasteiger partial charge in [0.2, 0.25) is 6.39 Å². The summed E-state index contributed by atoms with van der Waals surface area (Å²) in [6, 6.07) is 8.48. The van der Waals surface area contributed by atoms with Crippen molar-refractivity contribution in [1.82, 2.24) is 15.5 Å². The third-order valence-corrected chi connectivity index (χ3v) is 2.92. The van der Waals surface area contributed by atoms with Gasteiger partial charge in [-0.05, 0) is 24.0 Å². The fourth-order valence-corrected chi connectivity index (χ4v) is 1.74. The third-order valence-electron chi connectivity index (χ3n) is 2.18. The van der Waals surface area contributed by atoms with E-state index in [9.17, 15) is 0 Å². The fraction of sp³-hybridized carbons (Fsp3) is 0.273. The minimum atomic E-state index is 0.626. The normalized spacial score (nSPS) is 10.6. The number of thioether (sulfide) groups is 1. The van der Waals surface area contributed by atoms with E-state index in [0.29, 0.717) is 12.4 Å². The molecule has 0 saturated carbocycles. The van der Waals surface area contributed by atoms with Gasteiger partial charge in [0.15, 0.2) is 5.82 Å². The van der Waals surface area contributed by atoms with Crippen LogP contribution in [0.2, 0.25) is 0 Å². The van der Waals surface area contributed by atoms with Crippen molar-refractivity contribution < 1.29 is 4.52 Å². The molecule has 0 radical (unpaired) electrons. The second-order valence-electron chi connectivity index (χ2n) is 3.30. The van der Waals surface area contributed by atoms with E-state index in [2.05, 4.69) is 50.5 Å². The summed E-state index contributed by atoms with van der Waals surface area (Å²) in [6.45, 7) is 1.43. The zero-order valence-electron chi connectivity index (χ0n) is 9.01. The molecule has 5 heteroatoms. The lowest BCUT2D eigenvalue weighted by atomic mass is 10.2. The first-order valence-corrected chi connectivity index (χ1v) is 6.20. The summed E-state index contributed by atoms with van der Waals surface area (Å²) < 4.78 is 4.64. The molecule has 0 fully saturated rings. The van der Waals surface area contributed by atoms with Crippen LogP contribution in [0.1, 0.15) is 11.4 Å². The van der Waals surface area contributed by atoms with Crippen LogP contribution in [-0.4, -0.2) is 16.4 Å². The van der Waals surface area contributed by atoms with Crippen molar-refractivity contribution in [2.24, 2.45) is 0 Å². The first-order chi connectivity index (χ1) is 7.88. The number of nitrogens with one attached hydrogen (secondary N) is 1. The van der Waals surface area contributed by atoms with E-state index < -0.39 is 0 Å². The van der Waals surface area contributed by atoms with E-state index in [1.165, 1.54) is 16.9 Å². The average Bonchev–Trinajstić information content (AvgIpc) is 2.83. The minimum Gasteiger partial charge on any atom is -0.343 e. The summed E-state index contributed by atoms with van der Waals surface area (Å²) in [5, 5.41) is 6.97. The van der Waals surface area contributed by atoms with Gasteiger partial charge in [-0.15, -0.1) is 11.8 Å². The standard InChI is InChI=1S/C11H13N3OS/c1-16-10-4-2-9(3-5-10)6-12-7-11-13-8-15-14-11/h2-5,8,12H,6-7H2,1H3. The molecule has 0 unspecified atom stereocenters. The molecule has 1 N–H and O–H groups in total. The molecule has 0 bridgehead atoms. The zero-order chi connectivity index (χ0) is 11.2. The molecule has 0 amide bonds. The molecule has 0 saturated heterocycles. The highest BCUT2D eigenvalue weighted by Gasteiger charge is 1.98. The molecule has 1 heterocycles. The van der Waals surface area contributed by atoms with Crippen LogP contribution in [0.3, 0.4) is 0 Å². The maximum absolute atomic E-state index is 4.64. The molecular weight excluding hydrogens is 222 g/mol. The topological polar surface area (TPSA) is 51.0 Å². The summed E-state index contributed by atoms with van der Waals surface area (Å²) in [5.41, 5.74) is 1.25. The van der Waals surface area contributed by atoms with Gasteiger partial charge in [-0.3, -0.25) is 0 Å². The van der Waals surface area contributed by atoms with Crippen molar-refractivity contribution in [2.75, 3.05) is 6.26 Å². The lowest BCUT2D eigenvalue weighted by Gasteiger charge is -2.03. The van der Waals surface area contributed by atoms with E-state index in [0.717, 1.165) is 6.54 Å². The van der Waals surface area contributed by atoms with E-state index in [-0.39, 0.29) is 0 Å². The zero-order valence-corrected chi connectivity index (χ0v) is 9.83. The first-order valence-electron chi connectivity index (χ1n) is 4.97. The van der Waals surface area contributed by atoms with Crippen molar-refractivity contribution >= 4 is 11.8 Å². The van der Waals surface area contributed by atoms with Gasteiger partial charge in [0.1, 0.15) is 0 Å². The van der Waals surface area contributed by atoms with Crippen molar-refractivity contribution in [2.45, 2.75) is 18.0 Å². The van der Waals surface area contributed by atoms with Crippen molar-refractivity contribution in [3.8, 4) is 0 Å². The lowest BCUT2D eigenvalue weighted by molar-refractivity contribution is 0.407. The quantitative estimate of drug-likeness (QED) is 0.804. The third kappa shape index (κ3) is 3.08. The van der Waals surface area contributed by atoms with Crippen molar-refractivity contribution in [3.63, 3.8) is 0 Å². The highest BCUT2D eigenvalue weighted by atomic mass is 32.2. The van der Waals surface area contributed by atoms with Crippen LogP contribution < -0.4 is 5.32 Å². The van der Waals surface area contributed by atoms with E-state index in [1.54, 1.807) is 11.8 Å². The monoisotopic (exact) mass is 235 g/mol. The van der Waals surface area contributed by atoms with Gasteiger partial charge in [0.25, 0.3) is 0 Å². The SMILES string of the molecule is CSc1ccc(CNCc2ncon2)cc1. The van der Waals surface area contributed by atoms with Crippen molar-refractivity contribution in [3.05, 3.63) is 42.0 Å². The first kappa shape index (κ1) is 11.2. The molecule has 0 aliphatic heterocycles. The summed E-state index contributed by atoms with van der Waals surface area (Å²) in [7, 11) is 0. The molecule has 16 heavy (non-hydrogen) atoms. The van der Waals surface area contributed by atoms with Crippen molar-refractivity contribution in [1.29, 1.82) is 0 Å². The Balaban J connectivity index is 1.81. The molecular formula is C11H13N3OS. The molecule has 0 aliphatic rings. The number of nitrogens with zero attached hydrogens (tertiary/aromatic N) is 2. The van der Waals surface area contributed by atoms with Crippen LogP contribution >= 0.6 is 11.8 Å². The minimum absolute atomic E-state index is 0.626. The smallest absolute Gasteiger partial charge is 0.213 e. The summed E-state index contributed by atoms with van der Waals surface area (Å²) >= 11 is 1.75. The van der Waals surface area contributed by atoms with Crippen LogP contribution in [0.5, 0.6) is 0 Å². The second kappa shape index (κ2) is 5.67. The Bertz CT molecular complexity index is 413. The van der Waals surface area contributed by atoms with Crippen LogP contribution in [0.4, 0.5) is 0 Å². The maximum atomic E-state index is 4.64. The van der Waals surface area contributed by atoms with E-state index in [1.807, 2.05) is 0 Å². The Hall–Kier alpha value is -1.33. The Kier molecular flexibility index (Phi) is 3.96. The lowest BCUT2D eigenvalue weighted by Crippen LogP contribution is -2.13. The van der Waals surface area contributed by atoms with Crippen LogP contribution in [0.15, 0.2) is 40.1 Å². The summed E-state index contributed by atoms with van der Waals surface area (Å²) in [6.07, 6.45) is 3.41. The predicted octanol–water partition coefficient (Wildman–Crippen LogP) is 2.08. The molecule has 2 rings (SSSR count). The van der Waals surface area contributed by atoms with Gasteiger partial charge in [0.05, 0.1) is 6.54 Å². The molecule has 0 spiro atoms. The van der Waals surface area contributed by atoms with Crippen LogP contribution in [-0.2, 0) is 13.1 Å². The molecule has 0 aliphatic carbocycles. The average molecular weight is 235 g/mol. The number of benzene rings is 1. The maximum Gasteiger partial charge on any atom is 0.213 e. The van der Waals surface area contributed by atoms with Gasteiger partial charge in [-0.1, -0.05) is 17.3 Å². The van der Waals surface area contributed by atoms with Gasteiger partial charge < -0.3 is 9.84 Å². The Morgan fingerprint density at radius 2 is 2.06 bits per heavy atom. The van der Waals surface area contributed by atoms with Gasteiger partial charge in [-0.2, -0.15) is 4.98 Å². The number of aromatic nitrogens is 2. The van der Waals surface area contributed by atoms with Gasteiger partial charge >= 0.3 is 0 Å². The predicted molar refractivity (Wildman–Crippen MR) is 63.1 cm³/mol. The summed E-state index contributed by atoms with van der Waals surface area (Å²) in [4.78, 5) is 5.21. The van der Waals surface area contributed by atoms with Gasteiger partial charge in [0, 0.05) is 11.4 Å². The summed E-state index contributed by atoms with van der Waals surface area (Å²) in [5.74, 6) is 0.681. The Labute approximate surface area is 98.4 Å². The number of hydrogen-bond donors (Lipinski definition) is 1. The van der Waals surface area contributed by atoms with Gasteiger partial charge in [-0.25, -0.2) is 0 Å². The van der Waals surface area contributed by atoms with E-state index in [4.69, 9.17) is 0 Å². The molecule has 84 valence electrons. The molecule has 4 nitrogen and oxygen atoms in total. The number of rotatable bonds is 5. The van der Waals surface area contributed by atoms with Crippen LogP contribution in [0, 0.1) is 0 Å². The molecule has 0 atom stereocenters. The molecule has 2 aromatic rings. The highest BCUT2D eigenvalue weighted by molar-refractivity contribution is 7.98. The highest BCUT2D eigenvalue weighted by Crippen LogP contribution is 2.14. The molecule has 1 aromatic heterocycles. The Morgan fingerprint density at radius 3 is 2.69 bits per heavy atom. The number of hydrogen-bond acceptors (Lipinski definition) is 5. The Morgan fingerprint density at radius 1 is 1.25 bits per heavy atom. The van der Waals surface area contributed by atoms with E-state index >= 15 is 0 Å². The van der Waals surface area contributed by atoms with Crippen LogP contribution in [0.25, 0.3) is 0 Å². The largest absolute Gasteiger partial charge is 0.343 e. The fourth-order valence-electron chi connectivity index (χ4n) is 1.33. The molecule has 1 aromatic carbocycles.